The van der Waals surface area contributed by atoms with Crippen LogP contribution in [-0.4, -0.2) is 63.0 Å². The average Bonchev–Trinajstić information content (AvgIpc) is 3.25. The van der Waals surface area contributed by atoms with Crippen LogP contribution in [0.15, 0.2) is 17.1 Å². The number of carbonyl (C=O) groups excluding carboxylic acids is 3. The van der Waals surface area contributed by atoms with Gasteiger partial charge >= 0.3 is 6.18 Å². The molecule has 2 aliphatic heterocycles. The molecule has 0 radical (unpaired) electrons. The summed E-state index contributed by atoms with van der Waals surface area (Å²) in [4.78, 5) is 41.2. The first kappa shape index (κ1) is 32.3. The lowest BCUT2D eigenvalue weighted by atomic mass is 9.79. The van der Waals surface area contributed by atoms with E-state index in [1.165, 1.54) is 6.92 Å². The molecule has 4 rings (SSSR count). The molecule has 1 aliphatic carbocycles. The van der Waals surface area contributed by atoms with E-state index in [-0.39, 0.29) is 30.1 Å². The summed E-state index contributed by atoms with van der Waals surface area (Å²) in [6.07, 6.45) is -0.335. The highest BCUT2D eigenvalue weighted by atomic mass is 32.2. The van der Waals surface area contributed by atoms with Gasteiger partial charge in [0.15, 0.2) is 0 Å². The normalized spacial score (nSPS) is 23.3. The summed E-state index contributed by atoms with van der Waals surface area (Å²) in [5.74, 6) is 0.294. The van der Waals surface area contributed by atoms with Gasteiger partial charge in [-0.05, 0) is 93.5 Å². The fraction of sp³-hybridized carbons (Fsp3) is 0.655. The van der Waals surface area contributed by atoms with Crippen LogP contribution in [0.5, 0.6) is 0 Å². The first-order valence-electron chi connectivity index (χ1n) is 14.5. The zero-order valence-electron chi connectivity index (χ0n) is 24.4. The van der Waals surface area contributed by atoms with E-state index >= 15 is 0 Å². The van der Waals surface area contributed by atoms with Crippen LogP contribution in [-0.2, 0) is 27.4 Å². The molecule has 1 aromatic carbocycles. The molecule has 1 saturated carbocycles. The predicted octanol–water partition coefficient (Wildman–Crippen LogP) is 3.80. The smallest absolute Gasteiger partial charge is 0.389 e. The molecule has 1 atom stereocenters. The number of carbonyl (C=O) groups is 3. The summed E-state index contributed by atoms with van der Waals surface area (Å²) in [6.45, 7) is 6.04. The monoisotopic (exact) mass is 611 g/mol. The molecule has 1 aromatic rings. The van der Waals surface area contributed by atoms with Gasteiger partial charge in [-0.25, -0.2) is 0 Å². The summed E-state index contributed by atoms with van der Waals surface area (Å²) in [5.41, 5.74) is 7.02. The number of halogens is 3. The van der Waals surface area contributed by atoms with Crippen molar-refractivity contribution >= 4 is 34.9 Å². The highest BCUT2D eigenvalue weighted by Gasteiger charge is 2.48. The third kappa shape index (κ3) is 8.04. The Morgan fingerprint density at radius 2 is 1.74 bits per heavy atom. The number of aliphatic imine (C=N–C) groups is 1. The molecule has 3 N–H and O–H groups in total. The van der Waals surface area contributed by atoms with Crippen LogP contribution in [0, 0.1) is 25.7 Å². The number of alkyl halides is 3. The number of nitrogens with one attached hydrogen (secondary N) is 3. The maximum Gasteiger partial charge on any atom is 0.389 e. The molecular weight excluding hydrogens is 571 g/mol. The minimum absolute atomic E-state index is 0.0628. The van der Waals surface area contributed by atoms with E-state index < -0.39 is 35.4 Å². The number of hydrogen-bond donors (Lipinski definition) is 3. The molecule has 2 fully saturated rings. The first-order valence-corrected chi connectivity index (χ1v) is 15.8. The highest BCUT2D eigenvalue weighted by molar-refractivity contribution is 7.89. The third-order valence-electron chi connectivity index (χ3n) is 8.74. The van der Waals surface area contributed by atoms with E-state index in [9.17, 15) is 32.1 Å². The van der Waals surface area contributed by atoms with Gasteiger partial charge < -0.3 is 9.87 Å². The number of rotatable bonds is 8. The fourth-order valence-electron chi connectivity index (χ4n) is 6.28. The Bertz CT molecular complexity index is 1190. The molecule has 232 valence electrons. The first-order chi connectivity index (χ1) is 19.8. The minimum atomic E-state index is -4.12. The Labute approximate surface area is 247 Å². The summed E-state index contributed by atoms with van der Waals surface area (Å²) in [6, 6.07) is 3.49. The number of benzene rings is 1. The molecule has 0 aromatic heterocycles. The van der Waals surface area contributed by atoms with Crippen LogP contribution in [0.4, 0.5) is 13.2 Å². The van der Waals surface area contributed by atoms with Crippen LogP contribution in [0.2, 0.25) is 0 Å². The van der Waals surface area contributed by atoms with Crippen molar-refractivity contribution in [1.29, 1.82) is 0 Å². The van der Waals surface area contributed by atoms with E-state index in [0.29, 0.717) is 62.3 Å². The lowest BCUT2D eigenvalue weighted by Gasteiger charge is -2.35. The van der Waals surface area contributed by atoms with Gasteiger partial charge in [-0.3, -0.25) is 30.2 Å². The maximum atomic E-state index is 13.2. The zero-order valence-corrected chi connectivity index (χ0v) is 25.2. The Balaban J connectivity index is 1.27. The fourth-order valence-corrected chi connectivity index (χ4v) is 7.51. The Morgan fingerprint density at radius 1 is 1.12 bits per heavy atom. The van der Waals surface area contributed by atoms with Crippen molar-refractivity contribution in [3.63, 3.8) is 0 Å². The van der Waals surface area contributed by atoms with Crippen LogP contribution >= 0.6 is 0 Å². The van der Waals surface area contributed by atoms with Gasteiger partial charge in [0.05, 0.1) is 0 Å². The van der Waals surface area contributed by atoms with Crippen molar-refractivity contribution < 1.29 is 32.1 Å². The second-order valence-electron chi connectivity index (χ2n) is 11.8. The summed E-state index contributed by atoms with van der Waals surface area (Å²) in [7, 11) is 0. The van der Waals surface area contributed by atoms with Crippen molar-refractivity contribution in [2.75, 3.05) is 18.8 Å². The van der Waals surface area contributed by atoms with Gasteiger partial charge in [0.1, 0.15) is 17.1 Å². The molecule has 3 aliphatic rings. The summed E-state index contributed by atoms with van der Waals surface area (Å²) >= 11 is -1.25. The van der Waals surface area contributed by atoms with Crippen LogP contribution < -0.4 is 16.2 Å². The molecule has 9 nitrogen and oxygen atoms in total. The number of hydrazine groups is 1. The van der Waals surface area contributed by atoms with E-state index in [1.54, 1.807) is 12.1 Å². The second-order valence-corrected chi connectivity index (χ2v) is 13.4. The molecular formula is C29H40F3N5O4S. The molecule has 13 heteroatoms. The van der Waals surface area contributed by atoms with E-state index in [2.05, 4.69) is 16.2 Å². The van der Waals surface area contributed by atoms with Crippen LogP contribution in [0.1, 0.15) is 85.3 Å². The van der Waals surface area contributed by atoms with E-state index in [0.717, 1.165) is 29.5 Å². The Hall–Kier alpha value is -2.64. The van der Waals surface area contributed by atoms with Gasteiger partial charge in [0, 0.05) is 55.7 Å². The molecule has 2 heterocycles. The van der Waals surface area contributed by atoms with Crippen molar-refractivity contribution in [2.24, 2.45) is 16.8 Å². The molecule has 42 heavy (non-hydrogen) atoms. The molecule has 1 saturated heterocycles. The largest absolute Gasteiger partial charge is 0.598 e. The molecule has 0 bridgehead atoms. The van der Waals surface area contributed by atoms with Gasteiger partial charge in [0.2, 0.25) is 5.91 Å². The van der Waals surface area contributed by atoms with Crippen molar-refractivity contribution in [1.82, 2.24) is 20.5 Å². The van der Waals surface area contributed by atoms with Crippen LogP contribution in [0.25, 0.3) is 0 Å². The second kappa shape index (κ2) is 13.3. The summed E-state index contributed by atoms with van der Waals surface area (Å²) < 4.78 is 52.8. The van der Waals surface area contributed by atoms with Gasteiger partial charge in [-0.1, -0.05) is 0 Å². The quantitative estimate of drug-likeness (QED) is 0.305. The lowest BCUT2D eigenvalue weighted by molar-refractivity contribution is -0.138. The van der Waals surface area contributed by atoms with Crippen molar-refractivity contribution in [2.45, 2.75) is 90.3 Å². The number of amidine groups is 1. The summed E-state index contributed by atoms with van der Waals surface area (Å²) in [5, 5.41) is 2.97. The minimum Gasteiger partial charge on any atom is -0.598 e. The topological polar surface area (TPSA) is 126 Å². The number of amides is 3. The average molecular weight is 612 g/mol. The Morgan fingerprint density at radius 3 is 2.31 bits per heavy atom. The van der Waals surface area contributed by atoms with Crippen LogP contribution in [0.3, 0.4) is 0 Å². The predicted molar refractivity (Wildman–Crippen MR) is 154 cm³/mol. The third-order valence-corrected chi connectivity index (χ3v) is 10.2. The number of hydrogen-bond acceptors (Lipinski definition) is 6. The Kier molecular flexibility index (Phi) is 10.2. The SMILES string of the molecule is CC(=O)NNC(=O)c1cc(C)c(CC[S+]([O-])N2CCC3(CC2)N=C(C2CCC(CCC(F)(F)F)CC2)NC3=O)c(C)c1. The lowest BCUT2D eigenvalue weighted by Crippen LogP contribution is -2.51. The van der Waals surface area contributed by atoms with Crippen molar-refractivity contribution in [3.05, 3.63) is 34.4 Å². The van der Waals surface area contributed by atoms with Gasteiger partial charge in [0.25, 0.3) is 11.8 Å². The van der Waals surface area contributed by atoms with Gasteiger partial charge in [-0.15, -0.1) is 4.31 Å². The van der Waals surface area contributed by atoms with Gasteiger partial charge in [-0.2, -0.15) is 13.2 Å². The van der Waals surface area contributed by atoms with E-state index in [1.807, 2.05) is 18.2 Å². The molecule has 1 unspecified atom stereocenters. The number of piperidine rings is 1. The standard InChI is InChI=1S/C29H40F3N5O4S/c1-18-16-23(26(39)36-35-20(3)38)17-19(2)24(18)9-15-42(41)37-13-11-28(12-14-37)27(40)33-25(34-28)22-6-4-21(5-7-22)8-10-29(30,31)32/h16-17,21-22H,4-15H2,1-3H3,(H,35,38)(H,36,39)(H,33,34,40). The maximum absolute atomic E-state index is 13.2. The molecule has 1 spiro atoms. The molecule has 3 amide bonds. The van der Waals surface area contributed by atoms with Crippen molar-refractivity contribution in [3.8, 4) is 0 Å². The highest BCUT2D eigenvalue weighted by Crippen LogP contribution is 2.38. The number of nitrogens with zero attached hydrogens (tertiary/aromatic N) is 2. The number of aryl methyl sites for hydroxylation is 2. The van der Waals surface area contributed by atoms with E-state index in [4.69, 9.17) is 4.99 Å². The zero-order chi connectivity index (χ0) is 30.7.